The standard InChI is InChI=1S/C26H29ClN4O4/c1-35-23-10-8-18(27)15-19(23)28-24(32)16-31-22-14-17(25(33)29-11-4-5-12-29)7-9-20(22)30-13-3-2-6-21(30)26(31)34/h7-10,14-15,21H,2-6,11-13,16H2,1H3,(H,28,32)/t21-/m1/s1. The van der Waals surface area contributed by atoms with Crippen LogP contribution < -0.4 is 19.9 Å². The van der Waals surface area contributed by atoms with E-state index in [9.17, 15) is 14.4 Å². The first-order valence-corrected chi connectivity index (χ1v) is 12.5. The predicted octanol–water partition coefficient (Wildman–Crippen LogP) is 3.93. The van der Waals surface area contributed by atoms with E-state index in [1.54, 1.807) is 24.3 Å². The molecule has 2 saturated heterocycles. The average molecular weight is 497 g/mol. The Morgan fingerprint density at radius 1 is 1.03 bits per heavy atom. The number of piperidine rings is 1. The number of methoxy groups -OCH3 is 1. The molecule has 3 heterocycles. The number of ether oxygens (including phenoxy) is 1. The fraction of sp³-hybridized carbons (Fsp3) is 0.423. The zero-order chi connectivity index (χ0) is 24.5. The molecule has 8 nitrogen and oxygen atoms in total. The maximum Gasteiger partial charge on any atom is 0.253 e. The van der Waals surface area contributed by atoms with Crippen molar-refractivity contribution in [1.29, 1.82) is 0 Å². The van der Waals surface area contributed by atoms with E-state index in [1.807, 2.05) is 17.0 Å². The van der Waals surface area contributed by atoms with Crippen LogP contribution in [0.4, 0.5) is 17.1 Å². The Balaban J connectivity index is 1.46. The number of fused-ring (bicyclic) bond motifs is 3. The number of anilines is 3. The third-order valence-corrected chi connectivity index (χ3v) is 7.24. The molecule has 3 amide bonds. The molecule has 0 spiro atoms. The Labute approximate surface area is 209 Å². The number of benzene rings is 2. The van der Waals surface area contributed by atoms with Gasteiger partial charge in [-0.05, 0) is 68.5 Å². The number of hydrogen-bond donors (Lipinski definition) is 1. The van der Waals surface area contributed by atoms with Gasteiger partial charge in [-0.25, -0.2) is 0 Å². The van der Waals surface area contributed by atoms with Crippen molar-refractivity contribution >= 4 is 46.4 Å². The van der Waals surface area contributed by atoms with Crippen LogP contribution in [0.25, 0.3) is 0 Å². The second-order valence-corrected chi connectivity index (χ2v) is 9.66. The molecular formula is C26H29ClN4O4. The van der Waals surface area contributed by atoms with Crippen molar-refractivity contribution in [1.82, 2.24) is 4.90 Å². The third kappa shape index (κ3) is 4.55. The van der Waals surface area contributed by atoms with Crippen molar-refractivity contribution < 1.29 is 19.1 Å². The highest BCUT2D eigenvalue weighted by Crippen LogP contribution is 2.40. The number of rotatable bonds is 5. The Bertz CT molecular complexity index is 1160. The minimum Gasteiger partial charge on any atom is -0.495 e. The van der Waals surface area contributed by atoms with Crippen molar-refractivity contribution in [2.45, 2.75) is 38.1 Å². The summed E-state index contributed by atoms with van der Waals surface area (Å²) >= 11 is 6.10. The molecule has 1 atom stereocenters. The van der Waals surface area contributed by atoms with Gasteiger partial charge in [-0.2, -0.15) is 0 Å². The molecule has 1 N–H and O–H groups in total. The number of hydrogen-bond acceptors (Lipinski definition) is 5. The lowest BCUT2D eigenvalue weighted by molar-refractivity contribution is -0.123. The fourth-order valence-corrected chi connectivity index (χ4v) is 5.44. The highest BCUT2D eigenvalue weighted by molar-refractivity contribution is 6.31. The first-order chi connectivity index (χ1) is 17.0. The summed E-state index contributed by atoms with van der Waals surface area (Å²) in [6, 6.07) is 10.2. The number of amides is 3. The molecular weight excluding hydrogens is 468 g/mol. The van der Waals surface area contributed by atoms with Gasteiger partial charge < -0.3 is 19.9 Å². The number of nitrogens with one attached hydrogen (secondary N) is 1. The molecule has 0 bridgehead atoms. The molecule has 5 rings (SSSR count). The van der Waals surface area contributed by atoms with Gasteiger partial charge in [0, 0.05) is 30.2 Å². The van der Waals surface area contributed by atoms with E-state index >= 15 is 0 Å². The summed E-state index contributed by atoms with van der Waals surface area (Å²) < 4.78 is 5.33. The number of carbonyl (C=O) groups is 3. The van der Waals surface area contributed by atoms with Crippen molar-refractivity contribution in [3.8, 4) is 5.75 Å². The summed E-state index contributed by atoms with van der Waals surface area (Å²) in [5.41, 5.74) is 2.47. The number of likely N-dealkylation sites (tertiary alicyclic amines) is 1. The minimum absolute atomic E-state index is 0.0356. The number of halogens is 1. The Morgan fingerprint density at radius 3 is 2.57 bits per heavy atom. The maximum absolute atomic E-state index is 13.6. The van der Waals surface area contributed by atoms with Gasteiger partial charge in [-0.1, -0.05) is 11.6 Å². The summed E-state index contributed by atoms with van der Waals surface area (Å²) in [4.78, 5) is 45.3. The van der Waals surface area contributed by atoms with Gasteiger partial charge in [-0.3, -0.25) is 19.3 Å². The zero-order valence-electron chi connectivity index (χ0n) is 19.8. The zero-order valence-corrected chi connectivity index (χ0v) is 20.5. The molecule has 2 fully saturated rings. The highest BCUT2D eigenvalue weighted by Gasteiger charge is 2.40. The predicted molar refractivity (Wildman–Crippen MR) is 136 cm³/mol. The van der Waals surface area contributed by atoms with Crippen molar-refractivity contribution in [2.75, 3.05) is 48.4 Å². The molecule has 35 heavy (non-hydrogen) atoms. The summed E-state index contributed by atoms with van der Waals surface area (Å²) in [5.74, 6) is -0.0433. The summed E-state index contributed by atoms with van der Waals surface area (Å²) in [6.07, 6.45) is 4.72. The first kappa shape index (κ1) is 23.5. The van der Waals surface area contributed by atoms with Gasteiger partial charge in [0.25, 0.3) is 5.91 Å². The van der Waals surface area contributed by atoms with E-state index in [0.29, 0.717) is 27.7 Å². The molecule has 0 saturated carbocycles. The molecule has 2 aromatic carbocycles. The molecule has 9 heteroatoms. The smallest absolute Gasteiger partial charge is 0.253 e. The Kier molecular flexibility index (Phi) is 6.56. The summed E-state index contributed by atoms with van der Waals surface area (Å²) in [7, 11) is 1.51. The van der Waals surface area contributed by atoms with Gasteiger partial charge in [0.2, 0.25) is 11.8 Å². The van der Waals surface area contributed by atoms with Crippen LogP contribution in [-0.2, 0) is 9.59 Å². The SMILES string of the molecule is COc1ccc(Cl)cc1NC(=O)CN1C(=O)[C@H]2CCCCN2c2ccc(C(=O)N3CCCC3)cc21. The van der Waals surface area contributed by atoms with Crippen LogP contribution in [0.2, 0.25) is 5.02 Å². The molecule has 184 valence electrons. The number of nitrogens with zero attached hydrogens (tertiary/aromatic N) is 3. The molecule has 0 radical (unpaired) electrons. The normalized spacial score (nSPS) is 19.3. The lowest BCUT2D eigenvalue weighted by Gasteiger charge is -2.45. The fourth-order valence-electron chi connectivity index (χ4n) is 5.27. The molecule has 0 aliphatic carbocycles. The highest BCUT2D eigenvalue weighted by atomic mass is 35.5. The van der Waals surface area contributed by atoms with Crippen LogP contribution in [0.1, 0.15) is 42.5 Å². The van der Waals surface area contributed by atoms with Crippen LogP contribution in [0.15, 0.2) is 36.4 Å². The topological polar surface area (TPSA) is 82.2 Å². The Morgan fingerprint density at radius 2 is 1.80 bits per heavy atom. The van der Waals surface area contributed by atoms with Crippen LogP contribution in [0.5, 0.6) is 5.75 Å². The Hall–Kier alpha value is -3.26. The molecule has 2 aromatic rings. The molecule has 0 aromatic heterocycles. The molecule has 3 aliphatic heterocycles. The van der Waals surface area contributed by atoms with E-state index in [1.165, 1.54) is 12.0 Å². The van der Waals surface area contributed by atoms with Gasteiger partial charge in [0.1, 0.15) is 18.3 Å². The lowest BCUT2D eigenvalue weighted by atomic mass is 9.95. The quantitative estimate of drug-likeness (QED) is 0.678. The van der Waals surface area contributed by atoms with Crippen LogP contribution >= 0.6 is 11.6 Å². The van der Waals surface area contributed by atoms with Gasteiger partial charge in [0.05, 0.1) is 24.2 Å². The molecule has 0 unspecified atom stereocenters. The largest absolute Gasteiger partial charge is 0.495 e. The van der Waals surface area contributed by atoms with Crippen LogP contribution in [-0.4, -0.2) is 62.0 Å². The van der Waals surface area contributed by atoms with E-state index in [-0.39, 0.29) is 30.3 Å². The maximum atomic E-state index is 13.6. The van der Waals surface area contributed by atoms with E-state index in [0.717, 1.165) is 57.4 Å². The van der Waals surface area contributed by atoms with E-state index in [4.69, 9.17) is 16.3 Å². The first-order valence-electron chi connectivity index (χ1n) is 12.1. The van der Waals surface area contributed by atoms with Gasteiger partial charge >= 0.3 is 0 Å². The monoisotopic (exact) mass is 496 g/mol. The van der Waals surface area contributed by atoms with E-state index < -0.39 is 0 Å². The van der Waals surface area contributed by atoms with Crippen molar-refractivity contribution in [2.24, 2.45) is 0 Å². The second-order valence-electron chi connectivity index (χ2n) is 9.22. The van der Waals surface area contributed by atoms with Gasteiger partial charge in [-0.15, -0.1) is 0 Å². The van der Waals surface area contributed by atoms with Crippen molar-refractivity contribution in [3.63, 3.8) is 0 Å². The van der Waals surface area contributed by atoms with Crippen molar-refractivity contribution in [3.05, 3.63) is 47.0 Å². The summed E-state index contributed by atoms with van der Waals surface area (Å²) in [5, 5.41) is 3.29. The van der Waals surface area contributed by atoms with E-state index in [2.05, 4.69) is 10.2 Å². The van der Waals surface area contributed by atoms with Crippen LogP contribution in [0.3, 0.4) is 0 Å². The minimum atomic E-state index is -0.370. The summed E-state index contributed by atoms with van der Waals surface area (Å²) in [6.45, 7) is 2.10. The van der Waals surface area contributed by atoms with Crippen LogP contribution in [0, 0.1) is 0 Å². The second kappa shape index (κ2) is 9.77. The molecule has 3 aliphatic rings. The number of carbonyl (C=O) groups excluding carboxylic acids is 3. The van der Waals surface area contributed by atoms with Gasteiger partial charge in [0.15, 0.2) is 0 Å². The third-order valence-electron chi connectivity index (χ3n) is 7.01. The average Bonchev–Trinajstić information content (AvgIpc) is 3.41. The lowest BCUT2D eigenvalue weighted by Crippen LogP contribution is -2.56.